The number of anilines is 1. The summed E-state index contributed by atoms with van der Waals surface area (Å²) in [5.41, 5.74) is 9.31. The van der Waals surface area contributed by atoms with E-state index >= 15 is 0 Å². The third-order valence-corrected chi connectivity index (χ3v) is 2.12. The van der Waals surface area contributed by atoms with Crippen LogP contribution in [-0.4, -0.2) is 9.97 Å². The molecule has 2 aromatic rings. The molecule has 78 valence electrons. The highest BCUT2D eigenvalue weighted by atomic mass is 14.9. The molecule has 1 aromatic heterocycles. The van der Waals surface area contributed by atoms with Gasteiger partial charge in [-0.15, -0.1) is 0 Å². The summed E-state index contributed by atoms with van der Waals surface area (Å²) in [6, 6.07) is 3.74. The first kappa shape index (κ1) is 11.1. The molecule has 4 nitrogen and oxygen atoms in total. The van der Waals surface area contributed by atoms with Crippen molar-refractivity contribution in [1.82, 2.24) is 9.97 Å². The Morgan fingerprint density at radius 3 is 2.73 bits per heavy atom. The van der Waals surface area contributed by atoms with Crippen molar-refractivity contribution >= 4 is 16.7 Å². The molecule has 1 aromatic carbocycles. The van der Waals surface area contributed by atoms with E-state index in [2.05, 4.69) is 16.0 Å². The lowest BCUT2D eigenvalue weighted by molar-refractivity contribution is 1.34. The minimum absolute atomic E-state index is 0.538. The largest absolute Gasteiger partial charge is 0.398 e. The number of fused-ring (bicyclic) bond motifs is 1. The molecular formula is C11H14N4. The molecule has 0 saturated carbocycles. The van der Waals surface area contributed by atoms with Crippen LogP contribution in [-0.2, 0) is 0 Å². The number of nitriles is 1. The molecule has 1 heterocycles. The average Bonchev–Trinajstić information content (AvgIpc) is 2.75. The Balaban J connectivity index is 0.000000531. The topological polar surface area (TPSA) is 78.5 Å². The summed E-state index contributed by atoms with van der Waals surface area (Å²) in [6.45, 7) is 5.89. The van der Waals surface area contributed by atoms with Gasteiger partial charge in [-0.3, -0.25) is 0 Å². The lowest BCUT2D eigenvalue weighted by Crippen LogP contribution is -1.92. The maximum atomic E-state index is 8.82. The van der Waals surface area contributed by atoms with E-state index in [1.807, 2.05) is 20.8 Å². The van der Waals surface area contributed by atoms with Crippen LogP contribution in [0, 0.1) is 18.3 Å². The van der Waals surface area contributed by atoms with Crippen LogP contribution in [0.1, 0.15) is 25.0 Å². The Morgan fingerprint density at radius 1 is 1.47 bits per heavy atom. The van der Waals surface area contributed by atoms with Gasteiger partial charge in [-0.05, 0) is 18.6 Å². The van der Waals surface area contributed by atoms with Crippen LogP contribution in [0.15, 0.2) is 12.4 Å². The monoisotopic (exact) mass is 202 g/mol. The molecule has 15 heavy (non-hydrogen) atoms. The number of nitrogens with zero attached hydrogens (tertiary/aromatic N) is 2. The number of aryl methyl sites for hydroxylation is 1. The van der Waals surface area contributed by atoms with E-state index in [-0.39, 0.29) is 0 Å². The van der Waals surface area contributed by atoms with Crippen molar-refractivity contribution < 1.29 is 0 Å². The Labute approximate surface area is 88.7 Å². The fourth-order valence-corrected chi connectivity index (χ4v) is 1.34. The molecule has 0 atom stereocenters. The number of rotatable bonds is 0. The second kappa shape index (κ2) is 4.47. The fourth-order valence-electron chi connectivity index (χ4n) is 1.34. The molecule has 0 radical (unpaired) electrons. The van der Waals surface area contributed by atoms with E-state index in [0.717, 1.165) is 16.6 Å². The van der Waals surface area contributed by atoms with Gasteiger partial charge in [-0.25, -0.2) is 4.98 Å². The number of hydrogen-bond donors (Lipinski definition) is 2. The number of H-pyrrole nitrogens is 1. The van der Waals surface area contributed by atoms with Crippen molar-refractivity contribution in [1.29, 1.82) is 5.26 Å². The molecule has 0 aliphatic rings. The van der Waals surface area contributed by atoms with Gasteiger partial charge in [0, 0.05) is 5.69 Å². The summed E-state index contributed by atoms with van der Waals surface area (Å²) in [7, 11) is 0. The van der Waals surface area contributed by atoms with E-state index in [4.69, 9.17) is 11.0 Å². The van der Waals surface area contributed by atoms with Gasteiger partial charge in [-0.2, -0.15) is 5.26 Å². The number of aromatic amines is 1. The Hall–Kier alpha value is -2.02. The average molecular weight is 202 g/mol. The van der Waals surface area contributed by atoms with Crippen LogP contribution in [0.4, 0.5) is 5.69 Å². The predicted octanol–water partition coefficient (Wildman–Crippen LogP) is 2.35. The summed E-state index contributed by atoms with van der Waals surface area (Å²) >= 11 is 0. The van der Waals surface area contributed by atoms with Crippen molar-refractivity contribution in [2.45, 2.75) is 20.8 Å². The fraction of sp³-hybridized carbons (Fsp3) is 0.273. The molecule has 0 amide bonds. The quantitative estimate of drug-likeness (QED) is 0.643. The normalized spacial score (nSPS) is 9.20. The van der Waals surface area contributed by atoms with Crippen LogP contribution in [0.25, 0.3) is 11.0 Å². The number of benzene rings is 1. The van der Waals surface area contributed by atoms with E-state index in [1.165, 1.54) is 0 Å². The van der Waals surface area contributed by atoms with Crippen molar-refractivity contribution in [2.24, 2.45) is 0 Å². The number of aromatic nitrogens is 2. The van der Waals surface area contributed by atoms with Crippen LogP contribution in [0.2, 0.25) is 0 Å². The molecule has 0 spiro atoms. The Kier molecular flexibility index (Phi) is 3.29. The molecule has 2 rings (SSSR count). The minimum Gasteiger partial charge on any atom is -0.398 e. The summed E-state index contributed by atoms with van der Waals surface area (Å²) in [6.07, 6.45) is 1.57. The zero-order valence-corrected chi connectivity index (χ0v) is 9.13. The highest BCUT2D eigenvalue weighted by molar-refractivity contribution is 5.88. The zero-order valence-electron chi connectivity index (χ0n) is 9.13. The van der Waals surface area contributed by atoms with Crippen LogP contribution in [0.3, 0.4) is 0 Å². The summed E-state index contributed by atoms with van der Waals surface area (Å²) in [5.74, 6) is 0. The zero-order chi connectivity index (χ0) is 11.4. The number of hydrogen-bond acceptors (Lipinski definition) is 3. The molecule has 3 N–H and O–H groups in total. The molecule has 0 aliphatic heterocycles. The summed E-state index contributed by atoms with van der Waals surface area (Å²) in [5, 5.41) is 8.82. The number of nitrogen functional groups attached to an aromatic ring is 1. The summed E-state index contributed by atoms with van der Waals surface area (Å²) < 4.78 is 0. The van der Waals surface area contributed by atoms with Crippen LogP contribution < -0.4 is 5.73 Å². The predicted molar refractivity (Wildman–Crippen MR) is 61.3 cm³/mol. The van der Waals surface area contributed by atoms with Gasteiger partial charge in [0.2, 0.25) is 0 Å². The van der Waals surface area contributed by atoms with Crippen LogP contribution >= 0.6 is 0 Å². The molecule has 0 unspecified atom stereocenters. The minimum atomic E-state index is 0.538. The number of imidazole rings is 1. The smallest absolute Gasteiger partial charge is 0.101 e. The van der Waals surface area contributed by atoms with Gasteiger partial charge >= 0.3 is 0 Å². The SMILES string of the molecule is CC.Cc1c(N)cc(C#N)c2[nH]cnc12. The Bertz CT molecular complexity index is 505. The molecule has 0 saturated heterocycles. The number of nitrogens with two attached hydrogens (primary N) is 1. The lowest BCUT2D eigenvalue weighted by Gasteiger charge is -2.01. The second-order valence-corrected chi connectivity index (χ2v) is 2.88. The van der Waals surface area contributed by atoms with Crippen molar-refractivity contribution in [3.8, 4) is 6.07 Å². The van der Waals surface area contributed by atoms with Crippen molar-refractivity contribution in [3.63, 3.8) is 0 Å². The van der Waals surface area contributed by atoms with Gasteiger partial charge in [0.05, 0.1) is 22.9 Å². The van der Waals surface area contributed by atoms with Crippen molar-refractivity contribution in [3.05, 3.63) is 23.5 Å². The molecule has 0 aliphatic carbocycles. The molecule has 0 bridgehead atoms. The maximum absolute atomic E-state index is 8.82. The first-order valence-corrected chi connectivity index (χ1v) is 4.86. The van der Waals surface area contributed by atoms with E-state index in [0.29, 0.717) is 11.3 Å². The maximum Gasteiger partial charge on any atom is 0.101 e. The standard InChI is InChI=1S/C9H8N4.C2H6/c1-5-7(11)2-6(3-10)9-8(5)12-4-13-9;1-2/h2,4H,11H2,1H3,(H,12,13);1-2H3. The van der Waals surface area contributed by atoms with Crippen molar-refractivity contribution in [2.75, 3.05) is 5.73 Å². The van der Waals surface area contributed by atoms with E-state index in [1.54, 1.807) is 12.4 Å². The Morgan fingerprint density at radius 2 is 2.13 bits per heavy atom. The van der Waals surface area contributed by atoms with Gasteiger partial charge in [0.25, 0.3) is 0 Å². The first-order valence-electron chi connectivity index (χ1n) is 4.86. The van der Waals surface area contributed by atoms with Gasteiger partial charge < -0.3 is 10.7 Å². The first-order chi connectivity index (χ1) is 7.24. The van der Waals surface area contributed by atoms with Gasteiger partial charge in [-0.1, -0.05) is 13.8 Å². The molecule has 4 heteroatoms. The highest BCUT2D eigenvalue weighted by Gasteiger charge is 2.08. The molecule has 0 fully saturated rings. The number of nitrogens with one attached hydrogen (secondary N) is 1. The van der Waals surface area contributed by atoms with E-state index < -0.39 is 0 Å². The lowest BCUT2D eigenvalue weighted by atomic mass is 10.1. The molecular weight excluding hydrogens is 188 g/mol. The second-order valence-electron chi connectivity index (χ2n) is 2.88. The highest BCUT2D eigenvalue weighted by Crippen LogP contribution is 2.23. The van der Waals surface area contributed by atoms with Crippen LogP contribution in [0.5, 0.6) is 0 Å². The third-order valence-electron chi connectivity index (χ3n) is 2.12. The van der Waals surface area contributed by atoms with Gasteiger partial charge in [0.1, 0.15) is 6.07 Å². The van der Waals surface area contributed by atoms with Gasteiger partial charge in [0.15, 0.2) is 0 Å². The summed E-state index contributed by atoms with van der Waals surface area (Å²) in [4.78, 5) is 7.02. The third kappa shape index (κ3) is 1.77. The van der Waals surface area contributed by atoms with E-state index in [9.17, 15) is 0 Å².